The summed E-state index contributed by atoms with van der Waals surface area (Å²) < 4.78 is 39.6. The molecule has 5 nitrogen and oxygen atoms in total. The molecule has 2 atom stereocenters. The van der Waals surface area contributed by atoms with E-state index in [1.807, 2.05) is 0 Å². The number of hydrogen-bond donors (Lipinski definition) is 1. The number of likely N-dealkylation sites (tertiary alicyclic amines) is 1. The van der Waals surface area contributed by atoms with Crippen molar-refractivity contribution in [3.8, 4) is 0 Å². The topological polar surface area (TPSA) is 60.9 Å². The lowest BCUT2D eigenvalue weighted by atomic mass is 9.73. The van der Waals surface area contributed by atoms with Crippen molar-refractivity contribution in [1.82, 2.24) is 9.80 Å². The molecule has 2 aliphatic heterocycles. The van der Waals surface area contributed by atoms with Crippen LogP contribution in [0, 0.1) is 17.3 Å². The molecule has 1 amide bonds. The zero-order valence-electron chi connectivity index (χ0n) is 19.3. The van der Waals surface area contributed by atoms with Crippen LogP contribution in [0.5, 0.6) is 0 Å². The van der Waals surface area contributed by atoms with Gasteiger partial charge in [0.1, 0.15) is 0 Å². The van der Waals surface area contributed by atoms with Crippen molar-refractivity contribution >= 4 is 11.9 Å². The summed E-state index contributed by atoms with van der Waals surface area (Å²) in [7, 11) is 0. The highest BCUT2D eigenvalue weighted by atomic mass is 19.4. The number of carboxylic acid groups (broad SMARTS) is 1. The van der Waals surface area contributed by atoms with Crippen LogP contribution in [-0.4, -0.2) is 52.5 Å². The van der Waals surface area contributed by atoms with E-state index in [0.29, 0.717) is 31.4 Å². The molecule has 2 fully saturated rings. The molecular weight excluding hydrogens is 433 g/mol. The van der Waals surface area contributed by atoms with E-state index in [2.05, 4.69) is 18.7 Å². The molecule has 8 heteroatoms. The van der Waals surface area contributed by atoms with Crippen LogP contribution in [0.1, 0.15) is 62.6 Å². The van der Waals surface area contributed by atoms with Crippen LogP contribution in [0.2, 0.25) is 0 Å². The molecule has 1 aromatic carbocycles. The van der Waals surface area contributed by atoms with Crippen molar-refractivity contribution < 1.29 is 27.9 Å². The van der Waals surface area contributed by atoms with Gasteiger partial charge in [0.05, 0.1) is 16.9 Å². The van der Waals surface area contributed by atoms with E-state index < -0.39 is 23.1 Å². The minimum Gasteiger partial charge on any atom is -0.481 e. The number of halogens is 3. The number of rotatable bonds is 4. The lowest BCUT2D eigenvalue weighted by Gasteiger charge is -2.41. The molecule has 33 heavy (non-hydrogen) atoms. The molecule has 0 radical (unpaired) electrons. The van der Waals surface area contributed by atoms with Gasteiger partial charge in [-0.2, -0.15) is 13.2 Å². The third-order valence-electron chi connectivity index (χ3n) is 8.28. The fourth-order valence-corrected chi connectivity index (χ4v) is 6.06. The highest BCUT2D eigenvalue weighted by molar-refractivity contribution is 5.84. The number of nitrogens with zero attached hydrogens (tertiary/aromatic N) is 2. The monoisotopic (exact) mass is 466 g/mol. The standard InChI is InChI=1S/C25H33F3N2O3/c1-16(2)24(9-5-21(14-24)29-10-7-18(8-11-29)22(31)32)23(33)30-12-6-17-3-4-20(25(26,27)28)13-19(17)15-30/h3-4,13,16,18,21H,5-12,14-15H2,1-2H3,(H,31,32). The Labute approximate surface area is 192 Å². The van der Waals surface area contributed by atoms with E-state index >= 15 is 0 Å². The Kier molecular flexibility index (Phi) is 6.51. The van der Waals surface area contributed by atoms with Gasteiger partial charge in [0.2, 0.25) is 5.91 Å². The zero-order chi connectivity index (χ0) is 24.0. The minimum atomic E-state index is -4.40. The van der Waals surface area contributed by atoms with Crippen molar-refractivity contribution in [3.05, 3.63) is 34.9 Å². The molecule has 1 aliphatic carbocycles. The third-order valence-corrected chi connectivity index (χ3v) is 8.28. The normalized spacial score (nSPS) is 27.1. The van der Waals surface area contributed by atoms with Crippen LogP contribution < -0.4 is 0 Å². The average molecular weight is 467 g/mol. The second-order valence-corrected chi connectivity index (χ2v) is 10.3. The molecule has 2 unspecified atom stereocenters. The van der Waals surface area contributed by atoms with Crippen LogP contribution in [0.15, 0.2) is 18.2 Å². The first kappa shape index (κ1) is 24.0. The van der Waals surface area contributed by atoms with Crippen LogP contribution in [-0.2, 0) is 28.7 Å². The first-order chi connectivity index (χ1) is 15.5. The predicted molar refractivity (Wildman–Crippen MR) is 117 cm³/mol. The first-order valence-corrected chi connectivity index (χ1v) is 12.0. The van der Waals surface area contributed by atoms with Crippen molar-refractivity contribution in [1.29, 1.82) is 0 Å². The van der Waals surface area contributed by atoms with Gasteiger partial charge in [0, 0.05) is 19.1 Å². The summed E-state index contributed by atoms with van der Waals surface area (Å²) in [5.41, 5.74) is 0.290. The number of carbonyl (C=O) groups excluding carboxylic acids is 1. The fourth-order valence-electron chi connectivity index (χ4n) is 6.06. The molecule has 1 aromatic rings. The molecule has 3 aliphatic rings. The van der Waals surface area contributed by atoms with Gasteiger partial charge in [-0.15, -0.1) is 0 Å². The summed E-state index contributed by atoms with van der Waals surface area (Å²) in [5, 5.41) is 9.26. The molecule has 182 valence electrons. The summed E-state index contributed by atoms with van der Waals surface area (Å²) >= 11 is 0. The highest BCUT2D eigenvalue weighted by Crippen LogP contribution is 2.48. The molecule has 1 saturated heterocycles. The molecule has 2 heterocycles. The molecule has 0 aromatic heterocycles. The Morgan fingerprint density at radius 2 is 1.79 bits per heavy atom. The molecule has 0 bridgehead atoms. The van der Waals surface area contributed by atoms with Crippen LogP contribution in [0.4, 0.5) is 13.2 Å². The van der Waals surface area contributed by atoms with Gasteiger partial charge in [-0.3, -0.25) is 9.59 Å². The number of carboxylic acids is 1. The second-order valence-electron chi connectivity index (χ2n) is 10.3. The summed E-state index contributed by atoms with van der Waals surface area (Å²) in [6.07, 6.45) is -0.166. The Morgan fingerprint density at radius 3 is 2.39 bits per heavy atom. The quantitative estimate of drug-likeness (QED) is 0.706. The van der Waals surface area contributed by atoms with Gasteiger partial charge in [-0.1, -0.05) is 19.9 Å². The molecule has 0 spiro atoms. The molecule has 1 saturated carbocycles. The van der Waals surface area contributed by atoms with E-state index in [9.17, 15) is 27.9 Å². The van der Waals surface area contributed by atoms with Crippen molar-refractivity contribution in [2.24, 2.45) is 17.3 Å². The maximum Gasteiger partial charge on any atom is 0.416 e. The summed E-state index contributed by atoms with van der Waals surface area (Å²) in [4.78, 5) is 29.2. The van der Waals surface area contributed by atoms with E-state index in [1.165, 1.54) is 6.07 Å². The third kappa shape index (κ3) is 4.63. The molecule has 4 rings (SSSR count). The number of carbonyl (C=O) groups is 2. The summed E-state index contributed by atoms with van der Waals surface area (Å²) in [6, 6.07) is 4.12. The van der Waals surface area contributed by atoms with E-state index in [-0.39, 0.29) is 30.3 Å². The lowest BCUT2D eigenvalue weighted by Crippen LogP contribution is -2.49. The number of alkyl halides is 3. The number of aliphatic carboxylic acids is 1. The second kappa shape index (κ2) is 8.93. The lowest BCUT2D eigenvalue weighted by molar-refractivity contribution is -0.146. The zero-order valence-corrected chi connectivity index (χ0v) is 19.3. The number of fused-ring (bicyclic) bond motifs is 1. The van der Waals surface area contributed by atoms with Crippen LogP contribution in [0.25, 0.3) is 0 Å². The fraction of sp³-hybridized carbons (Fsp3) is 0.680. The van der Waals surface area contributed by atoms with Crippen molar-refractivity contribution in [2.45, 2.75) is 71.1 Å². The smallest absolute Gasteiger partial charge is 0.416 e. The average Bonchev–Trinajstić information content (AvgIpc) is 3.24. The summed E-state index contributed by atoms with van der Waals surface area (Å²) in [6.45, 7) is 6.36. The van der Waals surface area contributed by atoms with Gasteiger partial charge in [0.15, 0.2) is 0 Å². The Hall–Kier alpha value is -2.09. The predicted octanol–water partition coefficient (Wildman–Crippen LogP) is 4.58. The highest BCUT2D eigenvalue weighted by Gasteiger charge is 2.51. The maximum absolute atomic E-state index is 13.8. The molecular formula is C25H33F3N2O3. The van der Waals surface area contributed by atoms with Crippen LogP contribution >= 0.6 is 0 Å². The summed E-state index contributed by atoms with van der Waals surface area (Å²) in [5.74, 6) is -0.834. The first-order valence-electron chi connectivity index (χ1n) is 12.0. The number of hydrogen-bond acceptors (Lipinski definition) is 3. The SMILES string of the molecule is CC(C)C1(C(=O)N2CCc3ccc(C(F)(F)F)cc3C2)CCC(N2CCC(C(=O)O)CC2)C1. The van der Waals surface area contributed by atoms with Gasteiger partial charge in [-0.25, -0.2) is 0 Å². The van der Waals surface area contributed by atoms with E-state index in [0.717, 1.165) is 44.0 Å². The van der Waals surface area contributed by atoms with E-state index in [1.54, 1.807) is 11.0 Å². The van der Waals surface area contributed by atoms with Gasteiger partial charge < -0.3 is 14.9 Å². The van der Waals surface area contributed by atoms with Crippen molar-refractivity contribution in [3.63, 3.8) is 0 Å². The minimum absolute atomic E-state index is 0.0588. The Balaban J connectivity index is 1.48. The Morgan fingerprint density at radius 1 is 1.09 bits per heavy atom. The number of piperidine rings is 1. The van der Waals surface area contributed by atoms with Gasteiger partial charge in [-0.05, 0) is 80.8 Å². The van der Waals surface area contributed by atoms with E-state index in [4.69, 9.17) is 0 Å². The maximum atomic E-state index is 13.8. The molecule has 1 N–H and O–H groups in total. The Bertz CT molecular complexity index is 909. The van der Waals surface area contributed by atoms with Crippen LogP contribution in [0.3, 0.4) is 0 Å². The largest absolute Gasteiger partial charge is 0.481 e. The number of amides is 1. The van der Waals surface area contributed by atoms with Crippen molar-refractivity contribution in [2.75, 3.05) is 19.6 Å². The number of benzene rings is 1. The van der Waals surface area contributed by atoms with Gasteiger partial charge in [0.25, 0.3) is 0 Å². The van der Waals surface area contributed by atoms with Gasteiger partial charge >= 0.3 is 12.1 Å².